The average molecular weight is 232 g/mol. The van der Waals surface area contributed by atoms with Crippen molar-refractivity contribution < 1.29 is 9.31 Å². The summed E-state index contributed by atoms with van der Waals surface area (Å²) in [5.41, 5.74) is 0. The van der Waals surface area contributed by atoms with Crippen LogP contribution in [0.3, 0.4) is 0 Å². The summed E-state index contributed by atoms with van der Waals surface area (Å²) >= 11 is 0. The molecule has 3 heteroatoms. The van der Waals surface area contributed by atoms with Gasteiger partial charge < -0.3 is 9.31 Å². The molecule has 92 valence electrons. The van der Waals surface area contributed by atoms with Crippen molar-refractivity contribution in [3.8, 4) is 0 Å². The van der Waals surface area contributed by atoms with Gasteiger partial charge in [-0.3, -0.25) is 0 Å². The molecular formula is C14H21BO2. The number of allylic oxidation sites excluding steroid dienone is 6. The Hall–Kier alpha value is -1.64. The van der Waals surface area contributed by atoms with Gasteiger partial charge in [-0.15, -0.1) is 0 Å². The van der Waals surface area contributed by atoms with Crippen molar-refractivity contribution >= 4 is 7.12 Å². The lowest BCUT2D eigenvalue weighted by molar-refractivity contribution is 0.316. The highest BCUT2D eigenvalue weighted by Crippen LogP contribution is 2.08. The Kier molecular flexibility index (Phi) is 8.66. The van der Waals surface area contributed by atoms with Gasteiger partial charge in [-0.25, -0.2) is 0 Å². The number of hydrogen-bond acceptors (Lipinski definition) is 2. The number of hydrogen-bond donors (Lipinski definition) is 0. The van der Waals surface area contributed by atoms with Crippen molar-refractivity contribution in [3.63, 3.8) is 0 Å². The molecule has 0 atom stereocenters. The van der Waals surface area contributed by atoms with Gasteiger partial charge in [0, 0.05) is 0 Å². The lowest BCUT2D eigenvalue weighted by atomic mass is 9.94. The van der Waals surface area contributed by atoms with Crippen LogP contribution >= 0.6 is 0 Å². The second-order valence-electron chi connectivity index (χ2n) is 3.31. The third-order valence-electron chi connectivity index (χ3n) is 1.89. The molecule has 17 heavy (non-hydrogen) atoms. The molecule has 0 saturated carbocycles. The Bertz CT molecular complexity index is 327. The van der Waals surface area contributed by atoms with Crippen LogP contribution in [0.15, 0.2) is 61.1 Å². The van der Waals surface area contributed by atoms with E-state index in [4.69, 9.17) is 9.31 Å². The summed E-state index contributed by atoms with van der Waals surface area (Å²) in [6, 6.07) is 0. The van der Waals surface area contributed by atoms with Crippen LogP contribution in [0.1, 0.15) is 20.3 Å². The van der Waals surface area contributed by atoms with Crippen LogP contribution < -0.4 is 0 Å². The Morgan fingerprint density at radius 3 is 2.35 bits per heavy atom. The first-order chi connectivity index (χ1) is 8.17. The lowest BCUT2D eigenvalue weighted by Gasteiger charge is -2.14. The van der Waals surface area contributed by atoms with Gasteiger partial charge in [0.15, 0.2) is 0 Å². The summed E-state index contributed by atoms with van der Waals surface area (Å²) in [4.78, 5) is 0. The molecule has 0 aliphatic rings. The molecule has 0 bridgehead atoms. The van der Waals surface area contributed by atoms with E-state index in [9.17, 15) is 0 Å². The molecular weight excluding hydrogens is 211 g/mol. The third kappa shape index (κ3) is 7.28. The van der Waals surface area contributed by atoms with E-state index in [1.807, 2.05) is 32.0 Å². The maximum Gasteiger partial charge on any atom is 0.591 e. The fraction of sp³-hybridized carbons (Fsp3) is 0.286. The van der Waals surface area contributed by atoms with Crippen molar-refractivity contribution in [2.45, 2.75) is 27.1 Å². The van der Waals surface area contributed by atoms with Crippen LogP contribution in [0.2, 0.25) is 6.82 Å². The van der Waals surface area contributed by atoms with Crippen molar-refractivity contribution in [2.24, 2.45) is 0 Å². The minimum absolute atomic E-state index is 0.369. The Balaban J connectivity index is 4.37. The molecule has 0 unspecified atom stereocenters. The zero-order valence-electron chi connectivity index (χ0n) is 11.0. The van der Waals surface area contributed by atoms with Crippen LogP contribution in [-0.2, 0) is 9.31 Å². The molecule has 2 nitrogen and oxygen atoms in total. The topological polar surface area (TPSA) is 18.5 Å². The zero-order valence-corrected chi connectivity index (χ0v) is 11.0. The predicted molar refractivity (Wildman–Crippen MR) is 75.5 cm³/mol. The largest absolute Gasteiger partial charge is 0.591 e. The molecule has 0 saturated heterocycles. The van der Waals surface area contributed by atoms with E-state index in [0.717, 1.165) is 12.2 Å². The normalized spacial score (nSPS) is 12.4. The summed E-state index contributed by atoms with van der Waals surface area (Å²) in [5.74, 6) is 1.43. The van der Waals surface area contributed by atoms with Gasteiger partial charge in [-0.05, 0) is 44.5 Å². The van der Waals surface area contributed by atoms with E-state index in [1.165, 1.54) is 0 Å². The first-order valence-corrected chi connectivity index (χ1v) is 5.79. The van der Waals surface area contributed by atoms with Crippen molar-refractivity contribution in [2.75, 3.05) is 0 Å². The van der Waals surface area contributed by atoms with E-state index < -0.39 is 0 Å². The van der Waals surface area contributed by atoms with Gasteiger partial charge in [0.25, 0.3) is 0 Å². The molecule has 0 aromatic heterocycles. The summed E-state index contributed by atoms with van der Waals surface area (Å²) in [5, 5.41) is 0. The van der Waals surface area contributed by atoms with Crippen LogP contribution in [-0.4, -0.2) is 7.12 Å². The monoisotopic (exact) mass is 232 g/mol. The van der Waals surface area contributed by atoms with Crippen molar-refractivity contribution in [1.82, 2.24) is 0 Å². The molecule has 0 aromatic carbocycles. The summed E-state index contributed by atoms with van der Waals surface area (Å²) < 4.78 is 11.1. The Morgan fingerprint density at radius 1 is 1.24 bits per heavy atom. The van der Waals surface area contributed by atoms with E-state index in [1.54, 1.807) is 18.2 Å². The summed E-state index contributed by atoms with van der Waals surface area (Å²) in [6.45, 7) is 13.1. The first-order valence-electron chi connectivity index (χ1n) is 5.79. The van der Waals surface area contributed by atoms with Gasteiger partial charge in [-0.2, -0.15) is 0 Å². The number of rotatable bonds is 8. The van der Waals surface area contributed by atoms with Crippen LogP contribution in [0.25, 0.3) is 0 Å². The quantitative estimate of drug-likeness (QED) is 0.353. The first kappa shape index (κ1) is 15.4. The molecule has 0 fully saturated rings. The van der Waals surface area contributed by atoms with Crippen LogP contribution in [0, 0.1) is 0 Å². The molecule has 0 rings (SSSR count). The molecule has 0 aliphatic heterocycles. The molecule has 0 radical (unpaired) electrons. The summed E-state index contributed by atoms with van der Waals surface area (Å²) in [7, 11) is -0.369. The van der Waals surface area contributed by atoms with E-state index in [-0.39, 0.29) is 7.12 Å². The Morgan fingerprint density at radius 2 is 1.88 bits per heavy atom. The highest BCUT2D eigenvalue weighted by molar-refractivity contribution is 6.43. The highest BCUT2D eigenvalue weighted by Gasteiger charge is 2.15. The van der Waals surface area contributed by atoms with Crippen molar-refractivity contribution in [3.05, 3.63) is 61.1 Å². The molecule has 0 N–H and O–H groups in total. The fourth-order valence-electron chi connectivity index (χ4n) is 1.12. The van der Waals surface area contributed by atoms with Gasteiger partial charge >= 0.3 is 7.12 Å². The van der Waals surface area contributed by atoms with Gasteiger partial charge in [-0.1, -0.05) is 32.2 Å². The molecule has 0 aromatic rings. The van der Waals surface area contributed by atoms with E-state index in [0.29, 0.717) is 5.76 Å². The third-order valence-corrected chi connectivity index (χ3v) is 1.89. The van der Waals surface area contributed by atoms with Crippen LogP contribution in [0.5, 0.6) is 0 Å². The van der Waals surface area contributed by atoms with Crippen LogP contribution in [0.4, 0.5) is 0 Å². The maximum atomic E-state index is 5.61. The average Bonchev–Trinajstić information content (AvgIpc) is 2.33. The minimum Gasteiger partial charge on any atom is -0.526 e. The van der Waals surface area contributed by atoms with E-state index in [2.05, 4.69) is 20.1 Å². The second kappa shape index (κ2) is 9.58. The molecule has 0 spiro atoms. The maximum absolute atomic E-state index is 5.61. The highest BCUT2D eigenvalue weighted by atomic mass is 16.6. The fourth-order valence-corrected chi connectivity index (χ4v) is 1.12. The summed E-state index contributed by atoms with van der Waals surface area (Å²) in [6.07, 6.45) is 11.9. The van der Waals surface area contributed by atoms with E-state index >= 15 is 0 Å². The predicted octanol–water partition coefficient (Wildman–Crippen LogP) is 4.26. The lowest BCUT2D eigenvalue weighted by Crippen LogP contribution is -2.17. The van der Waals surface area contributed by atoms with Gasteiger partial charge in [0.05, 0.1) is 5.76 Å². The second-order valence-corrected chi connectivity index (χ2v) is 3.31. The van der Waals surface area contributed by atoms with Gasteiger partial charge in [0.1, 0.15) is 5.76 Å². The Labute approximate surface area is 105 Å². The zero-order chi connectivity index (χ0) is 13.1. The smallest absolute Gasteiger partial charge is 0.526 e. The van der Waals surface area contributed by atoms with Crippen molar-refractivity contribution in [1.29, 1.82) is 0 Å². The molecule has 0 amide bonds. The SMILES string of the molecule is C=C/C=C(\C=C)OB(C)OC(/C=C\CC)=C/C. The molecule has 0 aliphatic carbocycles. The standard InChI is InChI=1S/C14H21BO2/c1-6-10-12-14(9-4)17-15(5)16-13(8-3)11-7-2/h7-12H,2-3,6H2,1,4-5H3/b12-10-,13-11+,14-9+. The minimum atomic E-state index is -0.369. The molecule has 0 heterocycles. The van der Waals surface area contributed by atoms with Gasteiger partial charge in [0.2, 0.25) is 0 Å².